The zero-order chi connectivity index (χ0) is 9.14. The maximum atomic E-state index is 11.3. The molecule has 1 rings (SSSR count). The fourth-order valence-electron chi connectivity index (χ4n) is 0.914. The van der Waals surface area contributed by atoms with E-state index in [1.807, 2.05) is 6.92 Å². The van der Waals surface area contributed by atoms with E-state index in [-0.39, 0.29) is 5.43 Å². The summed E-state index contributed by atoms with van der Waals surface area (Å²) in [7, 11) is 0. The Balaban J connectivity index is 3.18. The standard InChI is InChI=1S/C9H12O2S/c1-4-12-9-7(3)8(10)5-6(2)11-9/h5H,4H2,1-3H3. The molecular formula is C9H12O2S. The molecule has 0 unspecified atom stereocenters. The van der Waals surface area contributed by atoms with Gasteiger partial charge in [-0.3, -0.25) is 4.79 Å². The van der Waals surface area contributed by atoms with Gasteiger partial charge >= 0.3 is 0 Å². The van der Waals surface area contributed by atoms with Crippen molar-refractivity contribution in [3.8, 4) is 0 Å². The minimum Gasteiger partial charge on any atom is -0.455 e. The Morgan fingerprint density at radius 2 is 2.17 bits per heavy atom. The van der Waals surface area contributed by atoms with Gasteiger partial charge in [-0.25, -0.2) is 0 Å². The highest BCUT2D eigenvalue weighted by molar-refractivity contribution is 7.99. The summed E-state index contributed by atoms with van der Waals surface area (Å²) >= 11 is 1.56. The molecule has 66 valence electrons. The van der Waals surface area contributed by atoms with Crippen molar-refractivity contribution in [2.45, 2.75) is 25.9 Å². The minimum absolute atomic E-state index is 0.0645. The Bertz CT molecular complexity index is 328. The molecule has 0 N–H and O–H groups in total. The van der Waals surface area contributed by atoms with Gasteiger partial charge in [0.15, 0.2) is 10.5 Å². The number of thioether (sulfide) groups is 1. The first kappa shape index (κ1) is 9.39. The van der Waals surface area contributed by atoms with Crippen LogP contribution in [-0.4, -0.2) is 5.75 Å². The Morgan fingerprint density at radius 1 is 1.50 bits per heavy atom. The molecule has 0 aliphatic carbocycles. The predicted molar refractivity (Wildman–Crippen MR) is 50.9 cm³/mol. The molecule has 0 bridgehead atoms. The summed E-state index contributed by atoms with van der Waals surface area (Å²) in [5.41, 5.74) is 0.780. The molecule has 0 saturated carbocycles. The van der Waals surface area contributed by atoms with Crippen molar-refractivity contribution >= 4 is 11.8 Å². The summed E-state index contributed by atoms with van der Waals surface area (Å²) in [6, 6.07) is 1.52. The Morgan fingerprint density at radius 3 is 2.75 bits per heavy atom. The second kappa shape index (κ2) is 3.81. The highest BCUT2D eigenvalue weighted by Gasteiger charge is 2.05. The third-order valence-electron chi connectivity index (χ3n) is 1.54. The number of hydrogen-bond donors (Lipinski definition) is 0. The van der Waals surface area contributed by atoms with E-state index in [1.54, 1.807) is 25.6 Å². The number of hydrogen-bond acceptors (Lipinski definition) is 3. The lowest BCUT2D eigenvalue weighted by atomic mass is 10.3. The molecule has 1 heterocycles. The quantitative estimate of drug-likeness (QED) is 0.661. The van der Waals surface area contributed by atoms with Gasteiger partial charge in [0.1, 0.15) is 5.76 Å². The highest BCUT2D eigenvalue weighted by Crippen LogP contribution is 2.20. The van der Waals surface area contributed by atoms with Crippen LogP contribution in [-0.2, 0) is 0 Å². The molecular weight excluding hydrogens is 172 g/mol. The minimum atomic E-state index is 0.0645. The van der Waals surface area contributed by atoms with Crippen molar-refractivity contribution < 1.29 is 4.42 Å². The SMILES string of the molecule is CCSc1oc(C)cc(=O)c1C. The Hall–Kier alpha value is -0.700. The fourth-order valence-corrected chi connectivity index (χ4v) is 1.68. The Labute approximate surface area is 76.0 Å². The molecule has 3 heteroatoms. The largest absolute Gasteiger partial charge is 0.455 e. The normalized spacial score (nSPS) is 10.2. The van der Waals surface area contributed by atoms with Crippen LogP contribution in [0.5, 0.6) is 0 Å². The first-order valence-electron chi connectivity index (χ1n) is 3.89. The van der Waals surface area contributed by atoms with Crippen molar-refractivity contribution in [3.63, 3.8) is 0 Å². The van der Waals surface area contributed by atoms with Crippen LogP contribution >= 0.6 is 11.8 Å². The third kappa shape index (κ3) is 1.91. The Kier molecular flexibility index (Phi) is 2.98. The van der Waals surface area contributed by atoms with Crippen molar-refractivity contribution in [1.82, 2.24) is 0 Å². The van der Waals surface area contributed by atoms with Crippen LogP contribution < -0.4 is 5.43 Å². The average Bonchev–Trinajstić information content (AvgIpc) is 2.00. The van der Waals surface area contributed by atoms with Gasteiger partial charge in [0.05, 0.1) is 0 Å². The summed E-state index contributed by atoms with van der Waals surface area (Å²) in [5, 5.41) is 0.752. The maximum Gasteiger partial charge on any atom is 0.189 e. The van der Waals surface area contributed by atoms with Crippen LogP contribution in [0.1, 0.15) is 18.2 Å². The van der Waals surface area contributed by atoms with E-state index < -0.39 is 0 Å². The smallest absolute Gasteiger partial charge is 0.189 e. The number of aryl methyl sites for hydroxylation is 1. The van der Waals surface area contributed by atoms with Gasteiger partial charge in [0, 0.05) is 11.6 Å². The lowest BCUT2D eigenvalue weighted by molar-refractivity contribution is 0.420. The second-order valence-corrected chi connectivity index (χ2v) is 3.80. The van der Waals surface area contributed by atoms with Gasteiger partial charge in [-0.15, -0.1) is 0 Å². The molecule has 0 aliphatic heterocycles. The first-order valence-corrected chi connectivity index (χ1v) is 4.88. The van der Waals surface area contributed by atoms with Gasteiger partial charge in [0.2, 0.25) is 0 Å². The zero-order valence-corrected chi connectivity index (χ0v) is 8.33. The van der Waals surface area contributed by atoms with Crippen LogP contribution in [0.15, 0.2) is 20.4 Å². The summed E-state index contributed by atoms with van der Waals surface area (Å²) < 4.78 is 5.39. The van der Waals surface area contributed by atoms with Crippen molar-refractivity contribution in [2.24, 2.45) is 0 Å². The molecule has 1 aromatic rings. The molecule has 0 fully saturated rings. The van der Waals surface area contributed by atoms with Crippen LogP contribution in [0.4, 0.5) is 0 Å². The molecule has 12 heavy (non-hydrogen) atoms. The summed E-state index contributed by atoms with van der Waals surface area (Å²) in [6.07, 6.45) is 0. The van der Waals surface area contributed by atoms with Crippen LogP contribution in [0.2, 0.25) is 0 Å². The lowest BCUT2D eigenvalue weighted by Crippen LogP contribution is -2.05. The molecule has 0 atom stereocenters. The molecule has 0 spiro atoms. The van der Waals surface area contributed by atoms with Crippen molar-refractivity contribution in [2.75, 3.05) is 5.75 Å². The van der Waals surface area contributed by atoms with Crippen molar-refractivity contribution in [1.29, 1.82) is 0 Å². The summed E-state index contributed by atoms with van der Waals surface area (Å²) in [6.45, 7) is 5.62. The van der Waals surface area contributed by atoms with Crippen LogP contribution in [0.25, 0.3) is 0 Å². The van der Waals surface area contributed by atoms with E-state index in [9.17, 15) is 4.79 Å². The molecule has 1 aromatic heterocycles. The van der Waals surface area contributed by atoms with Gasteiger partial charge in [-0.2, -0.15) is 0 Å². The van der Waals surface area contributed by atoms with Gasteiger partial charge in [0.25, 0.3) is 0 Å². The van der Waals surface area contributed by atoms with Gasteiger partial charge < -0.3 is 4.42 Å². The van der Waals surface area contributed by atoms with Crippen LogP contribution in [0.3, 0.4) is 0 Å². The molecule has 0 aliphatic rings. The average molecular weight is 184 g/mol. The fraction of sp³-hybridized carbons (Fsp3) is 0.444. The zero-order valence-electron chi connectivity index (χ0n) is 7.51. The monoisotopic (exact) mass is 184 g/mol. The van der Waals surface area contributed by atoms with E-state index in [1.165, 1.54) is 6.07 Å². The van der Waals surface area contributed by atoms with E-state index in [2.05, 4.69) is 0 Å². The van der Waals surface area contributed by atoms with E-state index in [4.69, 9.17) is 4.42 Å². The van der Waals surface area contributed by atoms with Gasteiger partial charge in [-0.05, 0) is 19.6 Å². The maximum absolute atomic E-state index is 11.3. The topological polar surface area (TPSA) is 30.2 Å². The van der Waals surface area contributed by atoms with Crippen LogP contribution in [0, 0.1) is 13.8 Å². The molecule has 0 saturated heterocycles. The van der Waals surface area contributed by atoms with E-state index in [0.717, 1.165) is 10.8 Å². The number of rotatable bonds is 2. The molecule has 0 radical (unpaired) electrons. The summed E-state index contributed by atoms with van der Waals surface area (Å²) in [4.78, 5) is 11.3. The first-order chi connectivity index (χ1) is 5.65. The molecule has 2 nitrogen and oxygen atoms in total. The predicted octanol–water partition coefficient (Wildman–Crippen LogP) is 2.37. The third-order valence-corrected chi connectivity index (χ3v) is 2.48. The molecule has 0 amide bonds. The van der Waals surface area contributed by atoms with Crippen molar-refractivity contribution in [3.05, 3.63) is 27.6 Å². The van der Waals surface area contributed by atoms with E-state index >= 15 is 0 Å². The van der Waals surface area contributed by atoms with Gasteiger partial charge in [-0.1, -0.05) is 18.7 Å². The molecule has 0 aromatic carbocycles. The summed E-state index contributed by atoms with van der Waals surface area (Å²) in [5.74, 6) is 1.61. The second-order valence-electron chi connectivity index (χ2n) is 2.57. The highest BCUT2D eigenvalue weighted by atomic mass is 32.2. The lowest BCUT2D eigenvalue weighted by Gasteiger charge is -2.02. The van der Waals surface area contributed by atoms with E-state index in [0.29, 0.717) is 11.3 Å².